The summed E-state index contributed by atoms with van der Waals surface area (Å²) >= 11 is 0. The lowest BCUT2D eigenvalue weighted by atomic mass is 9.91. The van der Waals surface area contributed by atoms with Crippen molar-refractivity contribution in [2.75, 3.05) is 11.9 Å². The van der Waals surface area contributed by atoms with Crippen molar-refractivity contribution in [1.29, 1.82) is 0 Å². The van der Waals surface area contributed by atoms with Gasteiger partial charge in [-0.05, 0) is 38.3 Å². The number of hydrogen-bond acceptors (Lipinski definition) is 2. The van der Waals surface area contributed by atoms with Crippen LogP contribution in [0.5, 0.6) is 0 Å². The number of hydrogen-bond donors (Lipinski definition) is 1. The monoisotopic (exact) mass is 223 g/mol. The van der Waals surface area contributed by atoms with E-state index < -0.39 is 6.10 Å². The van der Waals surface area contributed by atoms with E-state index in [1.54, 1.807) is 13.0 Å². The first kappa shape index (κ1) is 11.4. The number of anilines is 1. The van der Waals surface area contributed by atoms with Crippen molar-refractivity contribution in [2.45, 2.75) is 38.3 Å². The summed E-state index contributed by atoms with van der Waals surface area (Å²) in [6.45, 7) is 1.61. The molecule has 0 amide bonds. The molecule has 0 bridgehead atoms. The first-order valence-corrected chi connectivity index (χ1v) is 5.80. The van der Waals surface area contributed by atoms with E-state index in [-0.39, 0.29) is 5.82 Å². The Labute approximate surface area is 95.7 Å². The van der Waals surface area contributed by atoms with Crippen LogP contribution in [0.1, 0.15) is 37.9 Å². The van der Waals surface area contributed by atoms with Gasteiger partial charge in [0.05, 0.1) is 6.10 Å². The number of benzene rings is 1. The summed E-state index contributed by atoms with van der Waals surface area (Å²) in [4.78, 5) is 2.09. The molecule has 0 heterocycles. The van der Waals surface area contributed by atoms with Crippen molar-refractivity contribution in [3.05, 3.63) is 29.6 Å². The van der Waals surface area contributed by atoms with Gasteiger partial charge in [0.1, 0.15) is 5.82 Å². The minimum absolute atomic E-state index is 0.321. The van der Waals surface area contributed by atoms with Gasteiger partial charge in [-0.25, -0.2) is 4.39 Å². The molecule has 1 fully saturated rings. The van der Waals surface area contributed by atoms with E-state index in [4.69, 9.17) is 0 Å². The van der Waals surface area contributed by atoms with Crippen LogP contribution in [0, 0.1) is 5.82 Å². The van der Waals surface area contributed by atoms with Crippen molar-refractivity contribution in [3.63, 3.8) is 0 Å². The third-order valence-electron chi connectivity index (χ3n) is 3.45. The van der Waals surface area contributed by atoms with E-state index in [1.807, 2.05) is 13.1 Å². The fraction of sp³-hybridized carbons (Fsp3) is 0.538. The molecule has 2 nitrogen and oxygen atoms in total. The summed E-state index contributed by atoms with van der Waals surface area (Å²) in [5, 5.41) is 9.64. The van der Waals surface area contributed by atoms with Gasteiger partial charge in [-0.15, -0.1) is 0 Å². The minimum atomic E-state index is -0.765. The van der Waals surface area contributed by atoms with E-state index in [9.17, 15) is 9.50 Å². The van der Waals surface area contributed by atoms with E-state index in [1.165, 1.54) is 12.5 Å². The summed E-state index contributed by atoms with van der Waals surface area (Å²) in [5.41, 5.74) is 1.23. The second-order valence-corrected chi connectivity index (χ2v) is 4.54. The fourth-order valence-corrected chi connectivity index (χ4v) is 2.22. The second-order valence-electron chi connectivity index (χ2n) is 4.54. The lowest BCUT2D eigenvalue weighted by molar-refractivity contribution is 0.194. The van der Waals surface area contributed by atoms with Crippen LogP contribution in [0.3, 0.4) is 0 Å². The zero-order chi connectivity index (χ0) is 11.7. The number of aliphatic hydroxyl groups excluding tert-OH is 1. The Morgan fingerprint density at radius 3 is 2.62 bits per heavy atom. The van der Waals surface area contributed by atoms with Crippen molar-refractivity contribution in [3.8, 4) is 0 Å². The molecule has 1 saturated carbocycles. The molecular formula is C13H18FNO. The van der Waals surface area contributed by atoms with Crippen molar-refractivity contribution in [1.82, 2.24) is 0 Å². The van der Waals surface area contributed by atoms with Crippen LogP contribution in [0.2, 0.25) is 0 Å². The molecule has 3 heteroatoms. The minimum Gasteiger partial charge on any atom is -0.389 e. The molecule has 1 N–H and O–H groups in total. The molecule has 0 radical (unpaired) electrons. The third-order valence-corrected chi connectivity index (χ3v) is 3.45. The van der Waals surface area contributed by atoms with Gasteiger partial charge in [0.15, 0.2) is 0 Å². The quantitative estimate of drug-likeness (QED) is 0.851. The van der Waals surface area contributed by atoms with Gasteiger partial charge in [-0.1, -0.05) is 6.07 Å². The molecule has 16 heavy (non-hydrogen) atoms. The van der Waals surface area contributed by atoms with E-state index >= 15 is 0 Å². The predicted molar refractivity (Wildman–Crippen MR) is 63.1 cm³/mol. The fourth-order valence-electron chi connectivity index (χ4n) is 2.22. The molecule has 1 aliphatic rings. The number of rotatable bonds is 3. The van der Waals surface area contributed by atoms with Gasteiger partial charge >= 0.3 is 0 Å². The number of nitrogens with zero attached hydrogens (tertiary/aromatic N) is 1. The Bertz CT molecular complexity index is 374. The molecule has 0 spiro atoms. The van der Waals surface area contributed by atoms with E-state index in [0.29, 0.717) is 11.6 Å². The van der Waals surface area contributed by atoms with Crippen molar-refractivity contribution >= 4 is 5.69 Å². The Morgan fingerprint density at radius 2 is 2.12 bits per heavy atom. The second kappa shape index (κ2) is 4.42. The Hall–Kier alpha value is -1.09. The maximum absolute atomic E-state index is 13.7. The van der Waals surface area contributed by atoms with Crippen LogP contribution >= 0.6 is 0 Å². The first-order valence-electron chi connectivity index (χ1n) is 5.80. The van der Waals surface area contributed by atoms with Gasteiger partial charge in [0, 0.05) is 24.3 Å². The average Bonchev–Trinajstić information content (AvgIpc) is 2.13. The van der Waals surface area contributed by atoms with Crippen LogP contribution in [0.4, 0.5) is 10.1 Å². The lowest BCUT2D eigenvalue weighted by Gasteiger charge is -2.37. The predicted octanol–water partition coefficient (Wildman–Crippen LogP) is 2.87. The molecule has 88 valence electrons. The summed E-state index contributed by atoms with van der Waals surface area (Å²) < 4.78 is 13.7. The van der Waals surface area contributed by atoms with Gasteiger partial charge < -0.3 is 10.0 Å². The van der Waals surface area contributed by atoms with Crippen LogP contribution < -0.4 is 4.90 Å². The van der Waals surface area contributed by atoms with E-state index in [2.05, 4.69) is 4.90 Å². The standard InChI is InChI=1S/C13H18FNO/c1-9(16)13-11(14)7-4-8-12(13)15(2)10-5-3-6-10/h4,7-10,16H,3,5-6H2,1-2H3/t9-/m0/s1. The number of halogens is 1. The molecule has 0 saturated heterocycles. The normalized spacial score (nSPS) is 18.0. The highest BCUT2D eigenvalue weighted by molar-refractivity contribution is 5.55. The summed E-state index contributed by atoms with van der Waals surface area (Å²) in [5.74, 6) is -0.321. The summed E-state index contributed by atoms with van der Waals surface area (Å²) in [6.07, 6.45) is 2.80. The Balaban J connectivity index is 2.34. The maximum Gasteiger partial charge on any atom is 0.131 e. The molecule has 1 aromatic rings. The average molecular weight is 223 g/mol. The molecule has 0 aromatic heterocycles. The molecule has 1 aliphatic carbocycles. The molecule has 0 aliphatic heterocycles. The smallest absolute Gasteiger partial charge is 0.131 e. The first-order chi connectivity index (χ1) is 7.61. The third kappa shape index (κ3) is 1.92. The van der Waals surface area contributed by atoms with Crippen LogP contribution in [-0.4, -0.2) is 18.2 Å². The zero-order valence-corrected chi connectivity index (χ0v) is 9.78. The lowest BCUT2D eigenvalue weighted by Crippen LogP contribution is -2.37. The van der Waals surface area contributed by atoms with Crippen LogP contribution in [0.15, 0.2) is 18.2 Å². The Morgan fingerprint density at radius 1 is 1.44 bits per heavy atom. The van der Waals surface area contributed by atoms with Gasteiger partial charge in [-0.2, -0.15) is 0 Å². The van der Waals surface area contributed by atoms with Crippen LogP contribution in [-0.2, 0) is 0 Å². The van der Waals surface area contributed by atoms with Crippen molar-refractivity contribution in [2.24, 2.45) is 0 Å². The van der Waals surface area contributed by atoms with Gasteiger partial charge in [0.25, 0.3) is 0 Å². The largest absolute Gasteiger partial charge is 0.389 e. The van der Waals surface area contributed by atoms with Gasteiger partial charge in [0.2, 0.25) is 0 Å². The zero-order valence-electron chi connectivity index (χ0n) is 9.78. The van der Waals surface area contributed by atoms with E-state index in [0.717, 1.165) is 18.5 Å². The molecule has 1 aromatic carbocycles. The summed E-state index contributed by atoms with van der Waals surface area (Å²) in [6, 6.07) is 5.48. The number of aliphatic hydroxyl groups is 1. The highest BCUT2D eigenvalue weighted by atomic mass is 19.1. The Kier molecular flexibility index (Phi) is 3.15. The summed E-state index contributed by atoms with van der Waals surface area (Å²) in [7, 11) is 1.98. The topological polar surface area (TPSA) is 23.5 Å². The molecule has 2 rings (SSSR count). The van der Waals surface area contributed by atoms with Crippen LogP contribution in [0.25, 0.3) is 0 Å². The maximum atomic E-state index is 13.7. The highest BCUT2D eigenvalue weighted by Crippen LogP contribution is 2.33. The highest BCUT2D eigenvalue weighted by Gasteiger charge is 2.25. The van der Waals surface area contributed by atoms with Gasteiger partial charge in [-0.3, -0.25) is 0 Å². The van der Waals surface area contributed by atoms with Crippen molar-refractivity contribution < 1.29 is 9.50 Å². The SMILES string of the molecule is C[C@H](O)c1c(F)cccc1N(C)C1CCC1. The molecular weight excluding hydrogens is 205 g/mol. The molecule has 0 unspecified atom stereocenters. The molecule has 1 atom stereocenters.